The van der Waals surface area contributed by atoms with E-state index in [4.69, 9.17) is 5.73 Å². The van der Waals surface area contributed by atoms with Gasteiger partial charge in [-0.15, -0.1) is 0 Å². The zero-order chi connectivity index (χ0) is 14.1. The van der Waals surface area contributed by atoms with Gasteiger partial charge in [0, 0.05) is 13.1 Å². The van der Waals surface area contributed by atoms with Crippen LogP contribution in [0.15, 0.2) is 0 Å². The maximum absolute atomic E-state index is 12.5. The summed E-state index contributed by atoms with van der Waals surface area (Å²) in [5.74, 6) is -1.53. The number of carbonyl (C=O) groups excluding carboxylic acids is 1. The molecule has 0 aliphatic carbocycles. The molecule has 1 heterocycles. The highest BCUT2D eigenvalue weighted by Crippen LogP contribution is 2.34. The molecule has 0 bridgehead atoms. The van der Waals surface area contributed by atoms with E-state index in [-0.39, 0.29) is 37.3 Å². The fourth-order valence-electron chi connectivity index (χ4n) is 1.99. The Balaban J connectivity index is 2.56. The molecule has 0 saturated carbocycles. The summed E-state index contributed by atoms with van der Waals surface area (Å²) in [6.07, 6.45) is -4.19. The fraction of sp³-hybridized carbons (Fsp3) is 0.917. The molecule has 18 heavy (non-hydrogen) atoms. The molecule has 1 saturated heterocycles. The highest BCUT2D eigenvalue weighted by molar-refractivity contribution is 5.82. The third-order valence-corrected chi connectivity index (χ3v) is 3.47. The van der Waals surface area contributed by atoms with Gasteiger partial charge in [-0.2, -0.15) is 13.2 Å². The Hall–Kier alpha value is -0.780. The van der Waals surface area contributed by atoms with Crippen molar-refractivity contribution >= 4 is 5.91 Å². The molecule has 0 unspecified atom stereocenters. The van der Waals surface area contributed by atoms with E-state index in [0.29, 0.717) is 0 Å². The van der Waals surface area contributed by atoms with Gasteiger partial charge in [0.15, 0.2) is 0 Å². The Kier molecular flexibility index (Phi) is 4.30. The third-order valence-electron chi connectivity index (χ3n) is 3.47. The highest BCUT2D eigenvalue weighted by atomic mass is 19.4. The van der Waals surface area contributed by atoms with E-state index < -0.39 is 18.1 Å². The maximum atomic E-state index is 12.5. The number of alkyl halides is 3. The minimum Gasteiger partial charge on any atom is -0.341 e. The lowest BCUT2D eigenvalue weighted by molar-refractivity contribution is -0.186. The molecule has 1 amide bonds. The number of nitrogens with zero attached hydrogens (tertiary/aromatic N) is 1. The molecule has 1 aliphatic rings. The lowest BCUT2D eigenvalue weighted by Gasteiger charge is -2.37. The van der Waals surface area contributed by atoms with Crippen molar-refractivity contribution in [2.45, 2.75) is 45.8 Å². The number of amides is 1. The van der Waals surface area contributed by atoms with Crippen LogP contribution in [0.2, 0.25) is 0 Å². The molecule has 1 rings (SSSR count). The maximum Gasteiger partial charge on any atom is 0.391 e. The van der Waals surface area contributed by atoms with Gasteiger partial charge in [-0.05, 0) is 18.3 Å². The lowest BCUT2D eigenvalue weighted by atomic mass is 9.86. The molecule has 1 fully saturated rings. The first kappa shape index (κ1) is 15.3. The van der Waals surface area contributed by atoms with Crippen LogP contribution in [0.3, 0.4) is 0 Å². The topological polar surface area (TPSA) is 46.3 Å². The molecule has 106 valence electrons. The molecule has 0 aromatic heterocycles. The van der Waals surface area contributed by atoms with Crippen LogP contribution in [-0.4, -0.2) is 36.1 Å². The van der Waals surface area contributed by atoms with Crippen molar-refractivity contribution in [1.29, 1.82) is 0 Å². The van der Waals surface area contributed by atoms with Gasteiger partial charge >= 0.3 is 6.18 Å². The van der Waals surface area contributed by atoms with Gasteiger partial charge in [0.25, 0.3) is 0 Å². The summed E-state index contributed by atoms with van der Waals surface area (Å²) in [5.41, 5.74) is 5.46. The summed E-state index contributed by atoms with van der Waals surface area (Å²) in [5, 5.41) is 0. The Morgan fingerprint density at radius 2 is 1.67 bits per heavy atom. The molecule has 1 aliphatic heterocycles. The number of hydrogen-bond donors (Lipinski definition) is 1. The predicted molar refractivity (Wildman–Crippen MR) is 62.8 cm³/mol. The van der Waals surface area contributed by atoms with Gasteiger partial charge in [0.1, 0.15) is 0 Å². The SMILES string of the molecule is CC(C)(C)[C@@H](N)C(=O)N1CCC(C(F)(F)F)CC1. The van der Waals surface area contributed by atoms with Crippen molar-refractivity contribution < 1.29 is 18.0 Å². The monoisotopic (exact) mass is 266 g/mol. The molecule has 2 N–H and O–H groups in total. The number of carbonyl (C=O) groups is 1. The van der Waals surface area contributed by atoms with Crippen LogP contribution in [0.5, 0.6) is 0 Å². The molecule has 0 spiro atoms. The first-order valence-corrected chi connectivity index (χ1v) is 6.14. The van der Waals surface area contributed by atoms with Gasteiger partial charge in [-0.1, -0.05) is 20.8 Å². The second-order valence-electron chi connectivity index (χ2n) is 5.98. The van der Waals surface area contributed by atoms with Crippen molar-refractivity contribution in [3.8, 4) is 0 Å². The molecular weight excluding hydrogens is 245 g/mol. The van der Waals surface area contributed by atoms with E-state index in [0.717, 1.165) is 0 Å². The van der Waals surface area contributed by atoms with Gasteiger partial charge in [0.2, 0.25) is 5.91 Å². The van der Waals surface area contributed by atoms with Crippen LogP contribution in [0, 0.1) is 11.3 Å². The first-order chi connectivity index (χ1) is 8.03. The number of piperidine rings is 1. The quantitative estimate of drug-likeness (QED) is 0.790. The highest BCUT2D eigenvalue weighted by Gasteiger charge is 2.42. The van der Waals surface area contributed by atoms with E-state index in [2.05, 4.69) is 0 Å². The van der Waals surface area contributed by atoms with Gasteiger partial charge in [0.05, 0.1) is 12.0 Å². The third kappa shape index (κ3) is 3.60. The number of halogens is 3. The minimum absolute atomic E-state index is 0.0217. The van der Waals surface area contributed by atoms with E-state index in [1.54, 1.807) is 0 Å². The average Bonchev–Trinajstić information content (AvgIpc) is 2.25. The van der Waals surface area contributed by atoms with Crippen molar-refractivity contribution in [3.63, 3.8) is 0 Å². The first-order valence-electron chi connectivity index (χ1n) is 6.14. The van der Waals surface area contributed by atoms with Crippen molar-refractivity contribution in [3.05, 3.63) is 0 Å². The largest absolute Gasteiger partial charge is 0.391 e. The second kappa shape index (κ2) is 5.07. The van der Waals surface area contributed by atoms with Crippen molar-refractivity contribution in [1.82, 2.24) is 4.90 Å². The molecule has 6 heteroatoms. The summed E-state index contributed by atoms with van der Waals surface area (Å²) in [6, 6.07) is -0.667. The lowest BCUT2D eigenvalue weighted by Crippen LogP contribution is -2.53. The molecule has 0 radical (unpaired) electrons. The fourth-order valence-corrected chi connectivity index (χ4v) is 1.99. The Bertz CT molecular complexity index is 301. The molecule has 1 atom stereocenters. The number of rotatable bonds is 1. The molecule has 3 nitrogen and oxygen atoms in total. The van der Waals surface area contributed by atoms with Crippen LogP contribution in [-0.2, 0) is 4.79 Å². The summed E-state index contributed by atoms with van der Waals surface area (Å²) >= 11 is 0. The number of nitrogens with two attached hydrogens (primary N) is 1. The summed E-state index contributed by atoms with van der Waals surface area (Å²) in [6.45, 7) is 5.83. The standard InChI is InChI=1S/C12H21F3N2O/c1-11(2,3)9(16)10(18)17-6-4-8(5-7-17)12(13,14)15/h8-9H,4-7,16H2,1-3H3/t9-/m0/s1. The van der Waals surface area contributed by atoms with Gasteiger partial charge in [-0.3, -0.25) is 4.79 Å². The van der Waals surface area contributed by atoms with Gasteiger partial charge < -0.3 is 10.6 Å². The zero-order valence-electron chi connectivity index (χ0n) is 11.0. The van der Waals surface area contributed by atoms with Crippen molar-refractivity contribution in [2.75, 3.05) is 13.1 Å². The van der Waals surface area contributed by atoms with Crippen LogP contribution in [0.4, 0.5) is 13.2 Å². The van der Waals surface area contributed by atoms with E-state index in [1.807, 2.05) is 20.8 Å². The average molecular weight is 266 g/mol. The number of hydrogen-bond acceptors (Lipinski definition) is 2. The molecule has 0 aromatic carbocycles. The van der Waals surface area contributed by atoms with E-state index in [1.165, 1.54) is 4.90 Å². The van der Waals surface area contributed by atoms with Crippen LogP contribution in [0.1, 0.15) is 33.6 Å². The van der Waals surface area contributed by atoms with Gasteiger partial charge in [-0.25, -0.2) is 0 Å². The normalized spacial score (nSPS) is 20.9. The van der Waals surface area contributed by atoms with E-state index in [9.17, 15) is 18.0 Å². The van der Waals surface area contributed by atoms with Crippen LogP contribution >= 0.6 is 0 Å². The minimum atomic E-state index is -4.15. The predicted octanol–water partition coefficient (Wildman–Crippen LogP) is 2.16. The number of likely N-dealkylation sites (tertiary alicyclic amines) is 1. The Labute approximate surface area is 106 Å². The summed E-state index contributed by atoms with van der Waals surface area (Å²) < 4.78 is 37.5. The Morgan fingerprint density at radius 1 is 1.22 bits per heavy atom. The second-order valence-corrected chi connectivity index (χ2v) is 5.98. The summed E-state index contributed by atoms with van der Waals surface area (Å²) in [4.78, 5) is 13.5. The van der Waals surface area contributed by atoms with E-state index >= 15 is 0 Å². The molecule has 0 aromatic rings. The van der Waals surface area contributed by atoms with Crippen LogP contribution in [0.25, 0.3) is 0 Å². The Morgan fingerprint density at radius 3 is 2.00 bits per heavy atom. The van der Waals surface area contributed by atoms with Crippen molar-refractivity contribution in [2.24, 2.45) is 17.1 Å². The molecular formula is C12H21F3N2O. The van der Waals surface area contributed by atoms with Crippen LogP contribution < -0.4 is 5.73 Å². The smallest absolute Gasteiger partial charge is 0.341 e. The summed E-state index contributed by atoms with van der Waals surface area (Å²) in [7, 11) is 0. The zero-order valence-corrected chi connectivity index (χ0v) is 11.0.